The van der Waals surface area contributed by atoms with Crippen LogP contribution in [0.2, 0.25) is 0 Å². The minimum atomic E-state index is -0.389. The lowest BCUT2D eigenvalue weighted by atomic mass is 10.1. The Morgan fingerprint density at radius 1 is 1.08 bits per heavy atom. The predicted molar refractivity (Wildman–Crippen MR) is 97.9 cm³/mol. The first-order valence-corrected chi connectivity index (χ1v) is 8.70. The molecule has 0 spiro atoms. The van der Waals surface area contributed by atoms with E-state index in [0.29, 0.717) is 24.4 Å². The van der Waals surface area contributed by atoms with E-state index in [4.69, 9.17) is 9.47 Å². The Labute approximate surface area is 150 Å². The van der Waals surface area contributed by atoms with Crippen LogP contribution in [0.1, 0.15) is 31.1 Å². The molecule has 0 aliphatic heterocycles. The van der Waals surface area contributed by atoms with Crippen LogP contribution in [0, 0.1) is 5.92 Å². The van der Waals surface area contributed by atoms with Crippen LogP contribution in [0.4, 0.5) is 0 Å². The number of carbonyl (C=O) groups is 2. The number of esters is 1. The molecule has 1 aromatic carbocycles. The molecule has 0 heterocycles. The van der Waals surface area contributed by atoms with Gasteiger partial charge in [0.05, 0.1) is 25.7 Å². The average Bonchev–Trinajstić information content (AvgIpc) is 2.66. The van der Waals surface area contributed by atoms with E-state index in [2.05, 4.69) is 18.7 Å². The summed E-state index contributed by atoms with van der Waals surface area (Å²) >= 11 is 0. The van der Waals surface area contributed by atoms with Gasteiger partial charge in [-0.25, -0.2) is 0 Å². The van der Waals surface area contributed by atoms with Crippen LogP contribution >= 0.6 is 0 Å². The lowest BCUT2D eigenvalue weighted by Crippen LogP contribution is -2.42. The maximum atomic E-state index is 13.0. The standard InChI is InChI=1S/C19H30N2O4/c1-6-20(7-2)12-13-21(14-15(3)19(23)25-5)18(22)16-10-8-9-11-17(16)24-4/h8-11,15H,6-7,12-14H2,1-5H3. The maximum Gasteiger partial charge on any atom is 0.310 e. The zero-order valence-electron chi connectivity index (χ0n) is 15.9. The van der Waals surface area contributed by atoms with Gasteiger partial charge in [-0.05, 0) is 25.2 Å². The Kier molecular flexibility index (Phi) is 8.99. The topological polar surface area (TPSA) is 59.1 Å². The van der Waals surface area contributed by atoms with Gasteiger partial charge >= 0.3 is 5.97 Å². The fourth-order valence-corrected chi connectivity index (χ4v) is 2.68. The highest BCUT2D eigenvalue weighted by Crippen LogP contribution is 2.20. The van der Waals surface area contributed by atoms with Gasteiger partial charge < -0.3 is 19.3 Å². The van der Waals surface area contributed by atoms with E-state index < -0.39 is 0 Å². The van der Waals surface area contributed by atoms with Crippen LogP contribution < -0.4 is 4.74 Å². The van der Waals surface area contributed by atoms with Crippen molar-refractivity contribution >= 4 is 11.9 Å². The Balaban J connectivity index is 2.99. The smallest absolute Gasteiger partial charge is 0.310 e. The molecule has 0 aliphatic rings. The van der Waals surface area contributed by atoms with E-state index in [9.17, 15) is 9.59 Å². The van der Waals surface area contributed by atoms with Crippen molar-refractivity contribution < 1.29 is 19.1 Å². The van der Waals surface area contributed by atoms with E-state index in [-0.39, 0.29) is 17.8 Å². The molecule has 1 rings (SSSR count). The van der Waals surface area contributed by atoms with Crippen molar-refractivity contribution in [2.75, 3.05) is 46.9 Å². The first kappa shape index (κ1) is 21.0. The quantitative estimate of drug-likeness (QED) is 0.606. The van der Waals surface area contributed by atoms with Gasteiger partial charge in [0.25, 0.3) is 5.91 Å². The van der Waals surface area contributed by atoms with Crippen molar-refractivity contribution in [3.63, 3.8) is 0 Å². The molecule has 25 heavy (non-hydrogen) atoms. The van der Waals surface area contributed by atoms with Crippen molar-refractivity contribution in [2.24, 2.45) is 5.92 Å². The largest absolute Gasteiger partial charge is 0.496 e. The summed E-state index contributed by atoms with van der Waals surface area (Å²) in [5, 5.41) is 0. The van der Waals surface area contributed by atoms with Gasteiger partial charge in [-0.2, -0.15) is 0 Å². The number of benzene rings is 1. The van der Waals surface area contributed by atoms with Crippen molar-refractivity contribution in [2.45, 2.75) is 20.8 Å². The summed E-state index contributed by atoms with van der Waals surface area (Å²) in [7, 11) is 2.91. The number of methoxy groups -OCH3 is 2. The van der Waals surface area contributed by atoms with Gasteiger partial charge in [0.15, 0.2) is 0 Å². The van der Waals surface area contributed by atoms with Gasteiger partial charge in [-0.15, -0.1) is 0 Å². The summed E-state index contributed by atoms with van der Waals surface area (Å²) in [5.74, 6) is -0.313. The second kappa shape index (κ2) is 10.7. The van der Waals surface area contributed by atoms with Crippen LogP contribution in [-0.4, -0.2) is 68.6 Å². The van der Waals surface area contributed by atoms with E-state index >= 15 is 0 Å². The monoisotopic (exact) mass is 350 g/mol. The number of hydrogen-bond donors (Lipinski definition) is 0. The molecular weight excluding hydrogens is 320 g/mol. The van der Waals surface area contributed by atoms with Crippen LogP contribution in [-0.2, 0) is 9.53 Å². The highest BCUT2D eigenvalue weighted by atomic mass is 16.5. The van der Waals surface area contributed by atoms with Gasteiger partial charge in [0, 0.05) is 19.6 Å². The summed E-state index contributed by atoms with van der Waals surface area (Å²) < 4.78 is 10.1. The average molecular weight is 350 g/mol. The molecule has 140 valence electrons. The third kappa shape index (κ3) is 6.05. The zero-order valence-corrected chi connectivity index (χ0v) is 15.9. The molecule has 0 aromatic heterocycles. The molecule has 0 radical (unpaired) electrons. The normalized spacial score (nSPS) is 11.9. The summed E-state index contributed by atoms with van der Waals surface area (Å²) in [4.78, 5) is 28.8. The molecule has 6 heteroatoms. The summed E-state index contributed by atoms with van der Waals surface area (Å²) in [5.41, 5.74) is 0.501. The predicted octanol–water partition coefficient (Wildman–Crippen LogP) is 2.29. The summed E-state index contributed by atoms with van der Waals surface area (Å²) in [6.45, 7) is 9.39. The zero-order chi connectivity index (χ0) is 18.8. The SMILES string of the molecule is CCN(CC)CCN(CC(C)C(=O)OC)C(=O)c1ccccc1OC. The Hall–Kier alpha value is -2.08. The molecule has 0 N–H and O–H groups in total. The van der Waals surface area contributed by atoms with E-state index in [0.717, 1.165) is 19.6 Å². The van der Waals surface area contributed by atoms with Gasteiger partial charge in [0.2, 0.25) is 0 Å². The molecular formula is C19H30N2O4. The fraction of sp³-hybridized carbons (Fsp3) is 0.579. The molecule has 0 saturated heterocycles. The number of rotatable bonds is 10. The van der Waals surface area contributed by atoms with Crippen LogP contribution in [0.15, 0.2) is 24.3 Å². The lowest BCUT2D eigenvalue weighted by Gasteiger charge is -2.28. The van der Waals surface area contributed by atoms with Crippen molar-refractivity contribution in [1.29, 1.82) is 0 Å². The first-order chi connectivity index (χ1) is 12.0. The molecule has 6 nitrogen and oxygen atoms in total. The molecule has 0 saturated carbocycles. The Bertz CT molecular complexity index is 558. The minimum Gasteiger partial charge on any atom is -0.496 e. The molecule has 0 aliphatic carbocycles. The Morgan fingerprint density at radius 3 is 2.28 bits per heavy atom. The molecule has 1 atom stereocenters. The number of amides is 1. The third-order valence-corrected chi connectivity index (χ3v) is 4.30. The van der Waals surface area contributed by atoms with Gasteiger partial charge in [-0.3, -0.25) is 9.59 Å². The second-order valence-electron chi connectivity index (χ2n) is 5.90. The Morgan fingerprint density at radius 2 is 1.72 bits per heavy atom. The number of likely N-dealkylation sites (N-methyl/N-ethyl adjacent to an activating group) is 1. The van der Waals surface area contributed by atoms with E-state index in [1.165, 1.54) is 7.11 Å². The van der Waals surface area contributed by atoms with Crippen LogP contribution in [0.5, 0.6) is 5.75 Å². The number of para-hydroxylation sites is 1. The van der Waals surface area contributed by atoms with Gasteiger partial charge in [0.1, 0.15) is 5.75 Å². The molecule has 0 fully saturated rings. The highest BCUT2D eigenvalue weighted by Gasteiger charge is 2.24. The fourth-order valence-electron chi connectivity index (χ4n) is 2.68. The van der Waals surface area contributed by atoms with Crippen LogP contribution in [0.25, 0.3) is 0 Å². The molecule has 0 bridgehead atoms. The van der Waals surface area contributed by atoms with Crippen LogP contribution in [0.3, 0.4) is 0 Å². The molecule has 1 unspecified atom stereocenters. The summed E-state index contributed by atoms with van der Waals surface area (Å²) in [6.07, 6.45) is 0. The number of carbonyl (C=O) groups excluding carboxylic acids is 2. The number of hydrogen-bond acceptors (Lipinski definition) is 5. The summed E-state index contributed by atoms with van der Waals surface area (Å²) in [6, 6.07) is 7.14. The minimum absolute atomic E-state index is 0.139. The lowest BCUT2D eigenvalue weighted by molar-refractivity contribution is -0.145. The van der Waals surface area contributed by atoms with Gasteiger partial charge in [-0.1, -0.05) is 32.9 Å². The van der Waals surface area contributed by atoms with Crippen molar-refractivity contribution in [1.82, 2.24) is 9.80 Å². The van der Waals surface area contributed by atoms with E-state index in [1.807, 2.05) is 12.1 Å². The number of ether oxygens (including phenoxy) is 2. The molecule has 1 amide bonds. The first-order valence-electron chi connectivity index (χ1n) is 8.70. The molecule has 1 aromatic rings. The second-order valence-corrected chi connectivity index (χ2v) is 5.90. The van der Waals surface area contributed by atoms with E-state index in [1.54, 1.807) is 31.1 Å². The van der Waals surface area contributed by atoms with Crippen molar-refractivity contribution in [3.05, 3.63) is 29.8 Å². The third-order valence-electron chi connectivity index (χ3n) is 4.30. The van der Waals surface area contributed by atoms with Crippen molar-refractivity contribution in [3.8, 4) is 5.75 Å². The number of nitrogens with zero attached hydrogens (tertiary/aromatic N) is 2. The maximum absolute atomic E-state index is 13.0. The highest BCUT2D eigenvalue weighted by molar-refractivity contribution is 5.97.